The van der Waals surface area contributed by atoms with E-state index in [-0.39, 0.29) is 5.91 Å². The van der Waals surface area contributed by atoms with Crippen molar-refractivity contribution in [2.45, 2.75) is 25.8 Å². The molecule has 0 spiro atoms. The number of rotatable bonds is 6. The van der Waals surface area contributed by atoms with Crippen molar-refractivity contribution >= 4 is 11.6 Å². The lowest BCUT2D eigenvalue weighted by Gasteiger charge is -2.35. The molecule has 3 fully saturated rings. The smallest absolute Gasteiger partial charge is 0.219 e. The molecule has 24 heavy (non-hydrogen) atoms. The standard InChI is InChI=1S/C19H27N3O2/c1-15(23)20-8-10-21(11-9-20)17-4-6-19(7-5-17)24-14-18-13-22(18)12-16-2-3-16/h4-7,16,18H,2-3,8-14H2,1H3. The van der Waals surface area contributed by atoms with Crippen LogP contribution in [0.4, 0.5) is 5.69 Å². The van der Waals surface area contributed by atoms with Crippen LogP contribution in [-0.2, 0) is 4.79 Å². The molecule has 2 saturated heterocycles. The molecule has 1 amide bonds. The van der Waals surface area contributed by atoms with Gasteiger partial charge in [0, 0.05) is 51.9 Å². The van der Waals surface area contributed by atoms with Crippen LogP contribution in [0.2, 0.25) is 0 Å². The van der Waals surface area contributed by atoms with Gasteiger partial charge in [-0.2, -0.15) is 0 Å². The maximum Gasteiger partial charge on any atom is 0.219 e. The number of piperazine rings is 1. The van der Waals surface area contributed by atoms with Crippen molar-refractivity contribution in [2.24, 2.45) is 5.92 Å². The Morgan fingerprint density at radius 2 is 1.83 bits per heavy atom. The minimum Gasteiger partial charge on any atom is -0.492 e. The van der Waals surface area contributed by atoms with Crippen molar-refractivity contribution in [1.29, 1.82) is 0 Å². The highest BCUT2D eigenvalue weighted by Gasteiger charge is 2.38. The SMILES string of the molecule is CC(=O)N1CCN(c2ccc(OCC3CN3CC3CC3)cc2)CC1. The molecule has 0 bridgehead atoms. The summed E-state index contributed by atoms with van der Waals surface area (Å²) < 4.78 is 5.94. The van der Waals surface area contributed by atoms with E-state index in [4.69, 9.17) is 4.74 Å². The van der Waals surface area contributed by atoms with E-state index in [0.29, 0.717) is 6.04 Å². The molecule has 4 rings (SSSR count). The minimum absolute atomic E-state index is 0.175. The van der Waals surface area contributed by atoms with Crippen LogP contribution in [0.15, 0.2) is 24.3 Å². The van der Waals surface area contributed by atoms with Crippen molar-refractivity contribution in [3.8, 4) is 5.75 Å². The Morgan fingerprint density at radius 1 is 1.12 bits per heavy atom. The van der Waals surface area contributed by atoms with Gasteiger partial charge in [0.1, 0.15) is 12.4 Å². The summed E-state index contributed by atoms with van der Waals surface area (Å²) in [6.07, 6.45) is 2.85. The molecule has 130 valence electrons. The van der Waals surface area contributed by atoms with E-state index in [1.54, 1.807) is 6.92 Å². The molecule has 1 saturated carbocycles. The van der Waals surface area contributed by atoms with E-state index in [1.807, 2.05) is 4.90 Å². The average molecular weight is 329 g/mol. The summed E-state index contributed by atoms with van der Waals surface area (Å²) in [5.74, 6) is 2.10. The summed E-state index contributed by atoms with van der Waals surface area (Å²) in [5, 5.41) is 0. The topological polar surface area (TPSA) is 35.8 Å². The Morgan fingerprint density at radius 3 is 2.46 bits per heavy atom. The van der Waals surface area contributed by atoms with Gasteiger partial charge in [0.2, 0.25) is 5.91 Å². The Labute approximate surface area is 144 Å². The summed E-state index contributed by atoms with van der Waals surface area (Å²) in [6.45, 7) is 8.36. The first-order chi connectivity index (χ1) is 11.7. The Kier molecular flexibility index (Phi) is 4.35. The second-order valence-electron chi connectivity index (χ2n) is 7.35. The predicted molar refractivity (Wildman–Crippen MR) is 94.5 cm³/mol. The van der Waals surface area contributed by atoms with E-state index in [0.717, 1.165) is 44.5 Å². The molecule has 0 aromatic heterocycles. The fraction of sp³-hybridized carbons (Fsp3) is 0.632. The first-order valence-electron chi connectivity index (χ1n) is 9.16. The third kappa shape index (κ3) is 3.83. The molecule has 5 heteroatoms. The van der Waals surface area contributed by atoms with Gasteiger partial charge in [-0.25, -0.2) is 0 Å². The molecule has 2 atom stereocenters. The fourth-order valence-corrected chi connectivity index (χ4v) is 3.46. The van der Waals surface area contributed by atoms with Gasteiger partial charge < -0.3 is 14.5 Å². The Bertz CT molecular complexity index is 577. The Hall–Kier alpha value is -1.75. The first kappa shape index (κ1) is 15.8. The van der Waals surface area contributed by atoms with Gasteiger partial charge in [-0.05, 0) is 43.0 Å². The molecule has 1 aliphatic carbocycles. The summed E-state index contributed by atoms with van der Waals surface area (Å²) in [5.41, 5.74) is 1.22. The average Bonchev–Trinajstić information content (AvgIpc) is 3.53. The van der Waals surface area contributed by atoms with E-state index in [1.165, 1.54) is 31.6 Å². The van der Waals surface area contributed by atoms with Crippen molar-refractivity contribution in [3.05, 3.63) is 24.3 Å². The molecule has 5 nitrogen and oxygen atoms in total. The molecule has 2 aliphatic heterocycles. The quantitative estimate of drug-likeness (QED) is 0.746. The zero-order chi connectivity index (χ0) is 16.5. The molecule has 3 aliphatic rings. The number of hydrogen-bond donors (Lipinski definition) is 0. The van der Waals surface area contributed by atoms with Gasteiger partial charge in [0.25, 0.3) is 0 Å². The highest BCUT2D eigenvalue weighted by Crippen LogP contribution is 2.33. The van der Waals surface area contributed by atoms with Crippen LogP contribution in [-0.4, -0.2) is 67.6 Å². The highest BCUT2D eigenvalue weighted by molar-refractivity contribution is 5.73. The van der Waals surface area contributed by atoms with Gasteiger partial charge in [0.05, 0.1) is 6.04 Å². The van der Waals surface area contributed by atoms with Gasteiger partial charge in [-0.3, -0.25) is 9.69 Å². The largest absolute Gasteiger partial charge is 0.492 e. The van der Waals surface area contributed by atoms with Gasteiger partial charge in [-0.1, -0.05) is 0 Å². The number of carbonyl (C=O) groups excluding carboxylic acids is 1. The number of carbonyl (C=O) groups is 1. The molecule has 2 heterocycles. The molecule has 1 aromatic rings. The second-order valence-corrected chi connectivity index (χ2v) is 7.35. The highest BCUT2D eigenvalue weighted by atomic mass is 16.5. The van der Waals surface area contributed by atoms with Crippen LogP contribution in [0.5, 0.6) is 5.75 Å². The van der Waals surface area contributed by atoms with Gasteiger partial charge in [-0.15, -0.1) is 0 Å². The molecular formula is C19H27N3O2. The monoisotopic (exact) mass is 329 g/mol. The maximum atomic E-state index is 11.4. The fourth-order valence-electron chi connectivity index (χ4n) is 3.46. The van der Waals surface area contributed by atoms with Gasteiger partial charge in [0.15, 0.2) is 0 Å². The number of benzene rings is 1. The van der Waals surface area contributed by atoms with Crippen LogP contribution in [0.25, 0.3) is 0 Å². The van der Waals surface area contributed by atoms with Crippen LogP contribution >= 0.6 is 0 Å². The van der Waals surface area contributed by atoms with E-state index < -0.39 is 0 Å². The zero-order valence-electron chi connectivity index (χ0n) is 14.5. The Balaban J connectivity index is 1.22. The zero-order valence-corrected chi connectivity index (χ0v) is 14.5. The molecule has 2 unspecified atom stereocenters. The number of nitrogens with zero attached hydrogens (tertiary/aromatic N) is 3. The number of hydrogen-bond acceptors (Lipinski definition) is 4. The molecule has 1 aromatic carbocycles. The predicted octanol–water partition coefficient (Wildman–Crippen LogP) is 1.83. The number of amides is 1. The first-order valence-corrected chi connectivity index (χ1v) is 9.16. The summed E-state index contributed by atoms with van der Waals surface area (Å²) in [6, 6.07) is 9.03. The van der Waals surface area contributed by atoms with E-state index in [2.05, 4.69) is 34.1 Å². The van der Waals surface area contributed by atoms with Crippen molar-refractivity contribution < 1.29 is 9.53 Å². The maximum absolute atomic E-state index is 11.4. The minimum atomic E-state index is 0.175. The summed E-state index contributed by atoms with van der Waals surface area (Å²) >= 11 is 0. The van der Waals surface area contributed by atoms with Crippen LogP contribution in [0, 0.1) is 5.92 Å². The third-order valence-electron chi connectivity index (χ3n) is 5.39. The second kappa shape index (κ2) is 6.63. The van der Waals surface area contributed by atoms with Crippen LogP contribution in [0.3, 0.4) is 0 Å². The third-order valence-corrected chi connectivity index (χ3v) is 5.39. The van der Waals surface area contributed by atoms with Crippen LogP contribution < -0.4 is 9.64 Å². The van der Waals surface area contributed by atoms with Crippen LogP contribution in [0.1, 0.15) is 19.8 Å². The lowest BCUT2D eigenvalue weighted by molar-refractivity contribution is -0.129. The lowest BCUT2D eigenvalue weighted by atomic mass is 10.2. The van der Waals surface area contributed by atoms with Crippen molar-refractivity contribution in [1.82, 2.24) is 9.80 Å². The number of anilines is 1. The molecule has 0 N–H and O–H groups in total. The summed E-state index contributed by atoms with van der Waals surface area (Å²) in [4.78, 5) is 18.2. The number of ether oxygens (including phenoxy) is 1. The normalized spacial score (nSPS) is 26.4. The molecule has 0 radical (unpaired) electrons. The van der Waals surface area contributed by atoms with Crippen molar-refractivity contribution in [2.75, 3.05) is 50.8 Å². The van der Waals surface area contributed by atoms with Gasteiger partial charge >= 0.3 is 0 Å². The van der Waals surface area contributed by atoms with E-state index >= 15 is 0 Å². The molecular weight excluding hydrogens is 302 g/mol. The van der Waals surface area contributed by atoms with E-state index in [9.17, 15) is 4.79 Å². The van der Waals surface area contributed by atoms with Crippen molar-refractivity contribution in [3.63, 3.8) is 0 Å². The summed E-state index contributed by atoms with van der Waals surface area (Å²) in [7, 11) is 0. The lowest BCUT2D eigenvalue weighted by Crippen LogP contribution is -2.48.